The average Bonchev–Trinajstić information content (AvgIpc) is 2.53. The summed E-state index contributed by atoms with van der Waals surface area (Å²) in [5, 5.41) is 3.07. The summed E-state index contributed by atoms with van der Waals surface area (Å²) >= 11 is 0. The Morgan fingerprint density at radius 2 is 1.60 bits per heavy atom. The molecule has 0 radical (unpaired) electrons. The summed E-state index contributed by atoms with van der Waals surface area (Å²) in [5.41, 5.74) is 2.09. The van der Waals surface area contributed by atoms with Crippen molar-refractivity contribution in [2.45, 2.75) is 6.61 Å². The van der Waals surface area contributed by atoms with Crippen molar-refractivity contribution < 1.29 is 14.2 Å². The molecular weight excluding hydrogens is 254 g/mol. The molecular formula is C16H19NO3. The first-order valence-electron chi connectivity index (χ1n) is 6.38. The van der Waals surface area contributed by atoms with E-state index in [-0.39, 0.29) is 0 Å². The second-order valence-corrected chi connectivity index (χ2v) is 4.25. The summed E-state index contributed by atoms with van der Waals surface area (Å²) in [6.45, 7) is 0.485. The number of methoxy groups -OCH3 is 2. The molecule has 106 valence electrons. The van der Waals surface area contributed by atoms with Gasteiger partial charge in [-0.2, -0.15) is 0 Å². The van der Waals surface area contributed by atoms with E-state index < -0.39 is 0 Å². The third-order valence-electron chi connectivity index (χ3n) is 3.00. The summed E-state index contributed by atoms with van der Waals surface area (Å²) in [5.74, 6) is 2.26. The molecule has 0 aromatic heterocycles. The van der Waals surface area contributed by atoms with Crippen molar-refractivity contribution in [2.24, 2.45) is 0 Å². The SMILES string of the molecule is CNc1ccc(OCc2ccc(OC)c(OC)c2)cc1. The van der Waals surface area contributed by atoms with Crippen LogP contribution in [0.5, 0.6) is 17.2 Å². The van der Waals surface area contributed by atoms with E-state index in [9.17, 15) is 0 Å². The van der Waals surface area contributed by atoms with Crippen molar-refractivity contribution in [3.05, 3.63) is 48.0 Å². The molecule has 0 saturated heterocycles. The van der Waals surface area contributed by atoms with Gasteiger partial charge in [-0.3, -0.25) is 0 Å². The van der Waals surface area contributed by atoms with Gasteiger partial charge in [0.05, 0.1) is 14.2 Å². The van der Waals surface area contributed by atoms with Gasteiger partial charge in [-0.15, -0.1) is 0 Å². The molecule has 0 unspecified atom stereocenters. The van der Waals surface area contributed by atoms with Crippen LogP contribution in [0.2, 0.25) is 0 Å². The zero-order valence-electron chi connectivity index (χ0n) is 12.0. The number of hydrogen-bond acceptors (Lipinski definition) is 4. The van der Waals surface area contributed by atoms with Crippen LogP contribution in [0.3, 0.4) is 0 Å². The maximum Gasteiger partial charge on any atom is 0.161 e. The molecule has 2 aromatic rings. The van der Waals surface area contributed by atoms with E-state index >= 15 is 0 Å². The molecule has 0 fully saturated rings. The number of anilines is 1. The number of nitrogens with one attached hydrogen (secondary N) is 1. The molecule has 0 bridgehead atoms. The Morgan fingerprint density at radius 3 is 2.20 bits per heavy atom. The van der Waals surface area contributed by atoms with Crippen LogP contribution in [0.4, 0.5) is 5.69 Å². The van der Waals surface area contributed by atoms with Crippen LogP contribution in [0.15, 0.2) is 42.5 Å². The van der Waals surface area contributed by atoms with E-state index in [2.05, 4.69) is 5.32 Å². The fourth-order valence-corrected chi connectivity index (χ4v) is 1.85. The van der Waals surface area contributed by atoms with Crippen LogP contribution in [0.1, 0.15) is 5.56 Å². The van der Waals surface area contributed by atoms with Crippen LogP contribution in [0, 0.1) is 0 Å². The normalized spacial score (nSPS) is 9.95. The van der Waals surface area contributed by atoms with E-state index in [0.29, 0.717) is 12.4 Å². The lowest BCUT2D eigenvalue weighted by Crippen LogP contribution is -1.98. The van der Waals surface area contributed by atoms with Crippen molar-refractivity contribution in [1.29, 1.82) is 0 Å². The molecule has 20 heavy (non-hydrogen) atoms. The van der Waals surface area contributed by atoms with Crippen LogP contribution in [-0.2, 0) is 6.61 Å². The third kappa shape index (κ3) is 3.35. The van der Waals surface area contributed by atoms with Crippen molar-refractivity contribution in [1.82, 2.24) is 0 Å². The standard InChI is InChI=1S/C16H19NO3/c1-17-13-5-7-14(8-6-13)20-11-12-4-9-15(18-2)16(10-12)19-3/h4-10,17H,11H2,1-3H3. The first-order chi connectivity index (χ1) is 9.76. The molecule has 2 aromatic carbocycles. The van der Waals surface area contributed by atoms with Crippen molar-refractivity contribution >= 4 is 5.69 Å². The smallest absolute Gasteiger partial charge is 0.161 e. The molecule has 0 amide bonds. The van der Waals surface area contributed by atoms with E-state index in [4.69, 9.17) is 14.2 Å². The van der Waals surface area contributed by atoms with E-state index in [1.54, 1.807) is 14.2 Å². The molecule has 4 nitrogen and oxygen atoms in total. The molecule has 4 heteroatoms. The Labute approximate surface area is 119 Å². The largest absolute Gasteiger partial charge is 0.493 e. The minimum absolute atomic E-state index is 0.485. The van der Waals surface area contributed by atoms with Gasteiger partial charge in [0.2, 0.25) is 0 Å². The van der Waals surface area contributed by atoms with Gasteiger partial charge in [0.15, 0.2) is 11.5 Å². The average molecular weight is 273 g/mol. The van der Waals surface area contributed by atoms with Crippen LogP contribution >= 0.6 is 0 Å². The third-order valence-corrected chi connectivity index (χ3v) is 3.00. The van der Waals surface area contributed by atoms with Gasteiger partial charge in [-0.1, -0.05) is 6.07 Å². The number of hydrogen-bond donors (Lipinski definition) is 1. The Balaban J connectivity index is 2.02. The van der Waals surface area contributed by atoms with Crippen LogP contribution in [0.25, 0.3) is 0 Å². The molecule has 0 aliphatic carbocycles. The highest BCUT2D eigenvalue weighted by Crippen LogP contribution is 2.28. The number of benzene rings is 2. The van der Waals surface area contributed by atoms with E-state index in [0.717, 1.165) is 22.7 Å². The first-order valence-corrected chi connectivity index (χ1v) is 6.38. The zero-order chi connectivity index (χ0) is 14.4. The van der Waals surface area contributed by atoms with Crippen LogP contribution < -0.4 is 19.5 Å². The molecule has 2 rings (SSSR count). The zero-order valence-corrected chi connectivity index (χ0v) is 12.0. The Hall–Kier alpha value is -2.36. The van der Waals surface area contributed by atoms with E-state index in [1.807, 2.05) is 49.5 Å². The lowest BCUT2D eigenvalue weighted by molar-refractivity contribution is 0.304. The lowest BCUT2D eigenvalue weighted by Gasteiger charge is -2.11. The minimum Gasteiger partial charge on any atom is -0.493 e. The fourth-order valence-electron chi connectivity index (χ4n) is 1.85. The second-order valence-electron chi connectivity index (χ2n) is 4.25. The predicted molar refractivity (Wildman–Crippen MR) is 79.9 cm³/mol. The molecule has 0 heterocycles. The van der Waals surface area contributed by atoms with E-state index in [1.165, 1.54) is 0 Å². The molecule has 0 aliphatic heterocycles. The molecule has 0 spiro atoms. The highest BCUT2D eigenvalue weighted by molar-refractivity contribution is 5.46. The summed E-state index contributed by atoms with van der Waals surface area (Å²) in [6, 6.07) is 13.6. The van der Waals surface area contributed by atoms with Gasteiger partial charge in [0.25, 0.3) is 0 Å². The van der Waals surface area contributed by atoms with Crippen LogP contribution in [-0.4, -0.2) is 21.3 Å². The predicted octanol–water partition coefficient (Wildman–Crippen LogP) is 3.32. The summed E-state index contributed by atoms with van der Waals surface area (Å²) in [7, 11) is 5.13. The molecule has 0 saturated carbocycles. The molecule has 0 atom stereocenters. The van der Waals surface area contributed by atoms with Gasteiger partial charge in [-0.25, -0.2) is 0 Å². The Kier molecular flexibility index (Phi) is 4.71. The Bertz CT molecular complexity index is 552. The topological polar surface area (TPSA) is 39.7 Å². The maximum absolute atomic E-state index is 5.74. The van der Waals surface area contributed by atoms with Gasteiger partial charge < -0.3 is 19.5 Å². The van der Waals surface area contributed by atoms with Crippen molar-refractivity contribution in [3.8, 4) is 17.2 Å². The van der Waals surface area contributed by atoms with Gasteiger partial charge in [0, 0.05) is 12.7 Å². The summed E-state index contributed by atoms with van der Waals surface area (Å²) < 4.78 is 16.2. The highest BCUT2D eigenvalue weighted by Gasteiger charge is 2.05. The fraction of sp³-hybridized carbons (Fsp3) is 0.250. The number of ether oxygens (including phenoxy) is 3. The van der Waals surface area contributed by atoms with Gasteiger partial charge in [-0.05, 0) is 42.0 Å². The first kappa shape index (κ1) is 14.1. The molecule has 0 aliphatic rings. The highest BCUT2D eigenvalue weighted by atomic mass is 16.5. The minimum atomic E-state index is 0.485. The van der Waals surface area contributed by atoms with Gasteiger partial charge >= 0.3 is 0 Å². The van der Waals surface area contributed by atoms with Gasteiger partial charge in [0.1, 0.15) is 12.4 Å². The number of rotatable bonds is 6. The Morgan fingerprint density at radius 1 is 0.900 bits per heavy atom. The maximum atomic E-state index is 5.74. The van der Waals surface area contributed by atoms with Crippen molar-refractivity contribution in [3.63, 3.8) is 0 Å². The summed E-state index contributed by atoms with van der Waals surface area (Å²) in [4.78, 5) is 0. The monoisotopic (exact) mass is 273 g/mol. The quantitative estimate of drug-likeness (QED) is 0.876. The lowest BCUT2D eigenvalue weighted by atomic mass is 10.2. The van der Waals surface area contributed by atoms with Crippen molar-refractivity contribution in [2.75, 3.05) is 26.6 Å². The molecule has 1 N–H and O–H groups in total. The second kappa shape index (κ2) is 6.70. The summed E-state index contributed by atoms with van der Waals surface area (Å²) in [6.07, 6.45) is 0.